The summed E-state index contributed by atoms with van der Waals surface area (Å²) in [7, 11) is 3.29. The van der Waals surface area contributed by atoms with Gasteiger partial charge in [-0.1, -0.05) is 35.3 Å². The largest absolute Gasteiger partial charge is 0.493 e. The zero-order chi connectivity index (χ0) is 20.6. The Hall–Kier alpha value is -2.27. The van der Waals surface area contributed by atoms with Crippen molar-refractivity contribution in [1.82, 2.24) is 9.88 Å². The van der Waals surface area contributed by atoms with Crippen LogP contribution in [0.2, 0.25) is 10.0 Å². The SMILES string of the molecule is COc1ccc(CCN(Cc2ccncc2)Cc2c(Cl)cccc2Cl)cc1OC. The highest BCUT2D eigenvalue weighted by atomic mass is 35.5. The van der Waals surface area contributed by atoms with E-state index in [1.54, 1.807) is 14.2 Å². The maximum atomic E-state index is 6.42. The average molecular weight is 431 g/mol. The lowest BCUT2D eigenvalue weighted by Gasteiger charge is -2.24. The fourth-order valence-electron chi connectivity index (χ4n) is 3.19. The van der Waals surface area contributed by atoms with Crippen molar-refractivity contribution in [3.8, 4) is 11.5 Å². The van der Waals surface area contributed by atoms with Gasteiger partial charge in [-0.15, -0.1) is 0 Å². The highest BCUT2D eigenvalue weighted by Gasteiger charge is 2.13. The summed E-state index contributed by atoms with van der Waals surface area (Å²) in [6.07, 6.45) is 4.47. The minimum absolute atomic E-state index is 0.661. The molecule has 0 aliphatic carbocycles. The molecule has 0 aliphatic heterocycles. The quantitative estimate of drug-likeness (QED) is 0.439. The molecular weight excluding hydrogens is 407 g/mol. The number of hydrogen-bond acceptors (Lipinski definition) is 4. The maximum Gasteiger partial charge on any atom is 0.160 e. The molecule has 3 rings (SSSR count). The van der Waals surface area contributed by atoms with Gasteiger partial charge in [0.2, 0.25) is 0 Å². The Labute approximate surface area is 182 Å². The van der Waals surface area contributed by atoms with E-state index in [9.17, 15) is 0 Å². The number of nitrogens with zero attached hydrogens (tertiary/aromatic N) is 2. The maximum absolute atomic E-state index is 6.42. The molecule has 0 fully saturated rings. The van der Waals surface area contributed by atoms with Crippen LogP contribution in [0.1, 0.15) is 16.7 Å². The van der Waals surface area contributed by atoms with Crippen molar-refractivity contribution in [3.63, 3.8) is 0 Å². The molecule has 6 heteroatoms. The summed E-state index contributed by atoms with van der Waals surface area (Å²) in [5.41, 5.74) is 3.31. The molecule has 0 aliphatic rings. The number of hydrogen-bond donors (Lipinski definition) is 0. The number of aromatic nitrogens is 1. The molecule has 1 aromatic heterocycles. The Bertz CT molecular complexity index is 915. The van der Waals surface area contributed by atoms with Gasteiger partial charge in [-0.3, -0.25) is 9.88 Å². The van der Waals surface area contributed by atoms with Crippen LogP contribution in [-0.4, -0.2) is 30.6 Å². The summed E-state index contributed by atoms with van der Waals surface area (Å²) in [6, 6.07) is 15.7. The van der Waals surface area contributed by atoms with Gasteiger partial charge >= 0.3 is 0 Å². The predicted octanol–water partition coefficient (Wildman–Crippen LogP) is 5.65. The van der Waals surface area contributed by atoms with Crippen LogP contribution < -0.4 is 9.47 Å². The molecule has 3 aromatic rings. The van der Waals surface area contributed by atoms with Crippen molar-refractivity contribution in [2.24, 2.45) is 0 Å². The van der Waals surface area contributed by atoms with Gasteiger partial charge in [0, 0.05) is 47.6 Å². The van der Waals surface area contributed by atoms with Gasteiger partial charge in [-0.2, -0.15) is 0 Å². The highest BCUT2D eigenvalue weighted by molar-refractivity contribution is 6.35. The Morgan fingerprint density at radius 3 is 2.17 bits per heavy atom. The van der Waals surface area contributed by atoms with E-state index in [1.165, 1.54) is 11.1 Å². The lowest BCUT2D eigenvalue weighted by atomic mass is 10.1. The normalized spacial score (nSPS) is 10.9. The first-order chi connectivity index (χ1) is 14.1. The minimum Gasteiger partial charge on any atom is -0.493 e. The number of halogens is 2. The van der Waals surface area contributed by atoms with Crippen LogP contribution in [0.4, 0.5) is 0 Å². The second-order valence-electron chi connectivity index (χ2n) is 6.71. The average Bonchev–Trinajstić information content (AvgIpc) is 2.75. The van der Waals surface area contributed by atoms with E-state index >= 15 is 0 Å². The first-order valence-electron chi connectivity index (χ1n) is 9.35. The van der Waals surface area contributed by atoms with Crippen LogP contribution in [-0.2, 0) is 19.5 Å². The van der Waals surface area contributed by atoms with Crippen LogP contribution in [0.5, 0.6) is 11.5 Å². The smallest absolute Gasteiger partial charge is 0.160 e. The summed E-state index contributed by atoms with van der Waals surface area (Å²) in [5, 5.41) is 1.37. The first-order valence-corrected chi connectivity index (χ1v) is 10.1. The molecule has 0 unspecified atom stereocenters. The highest BCUT2D eigenvalue weighted by Crippen LogP contribution is 2.29. The molecule has 152 valence electrons. The van der Waals surface area contributed by atoms with Crippen LogP contribution >= 0.6 is 23.2 Å². The van der Waals surface area contributed by atoms with Crippen LogP contribution in [0.15, 0.2) is 60.9 Å². The topological polar surface area (TPSA) is 34.6 Å². The standard InChI is InChI=1S/C23H24Cl2N2O2/c1-28-22-7-6-17(14-23(22)29-2)10-13-27(15-18-8-11-26-12-9-18)16-19-20(24)4-3-5-21(19)25/h3-9,11-12,14H,10,13,15-16H2,1-2H3. The zero-order valence-electron chi connectivity index (χ0n) is 16.6. The van der Waals surface area contributed by atoms with E-state index in [1.807, 2.05) is 54.9 Å². The number of rotatable bonds is 9. The van der Waals surface area contributed by atoms with E-state index in [2.05, 4.69) is 16.0 Å². The lowest BCUT2D eigenvalue weighted by Crippen LogP contribution is -2.25. The van der Waals surface area contributed by atoms with Crippen LogP contribution in [0, 0.1) is 0 Å². The second kappa shape index (κ2) is 10.5. The summed E-state index contributed by atoms with van der Waals surface area (Å²) in [4.78, 5) is 6.44. The lowest BCUT2D eigenvalue weighted by molar-refractivity contribution is 0.260. The fourth-order valence-corrected chi connectivity index (χ4v) is 3.71. The molecule has 0 saturated heterocycles. The molecule has 0 N–H and O–H groups in total. The van der Waals surface area contributed by atoms with Gasteiger partial charge < -0.3 is 9.47 Å². The Morgan fingerprint density at radius 2 is 1.52 bits per heavy atom. The molecule has 0 saturated carbocycles. The summed E-state index contributed by atoms with van der Waals surface area (Å²) < 4.78 is 10.8. The molecule has 0 radical (unpaired) electrons. The molecule has 1 heterocycles. The minimum atomic E-state index is 0.661. The number of benzene rings is 2. The third kappa shape index (κ3) is 5.86. The second-order valence-corrected chi connectivity index (χ2v) is 7.52. The van der Waals surface area contributed by atoms with Gasteiger partial charge in [0.25, 0.3) is 0 Å². The van der Waals surface area contributed by atoms with Crippen LogP contribution in [0.3, 0.4) is 0 Å². The van der Waals surface area contributed by atoms with Crippen molar-refractivity contribution in [1.29, 1.82) is 0 Å². The predicted molar refractivity (Wildman–Crippen MR) is 118 cm³/mol. The first kappa shape index (κ1) is 21.4. The molecule has 0 amide bonds. The van der Waals surface area contributed by atoms with Crippen molar-refractivity contribution < 1.29 is 9.47 Å². The molecule has 4 nitrogen and oxygen atoms in total. The Morgan fingerprint density at radius 1 is 0.828 bits per heavy atom. The monoisotopic (exact) mass is 430 g/mol. The molecule has 2 aromatic carbocycles. The van der Waals surface area contributed by atoms with Crippen LogP contribution in [0.25, 0.3) is 0 Å². The van der Waals surface area contributed by atoms with Crippen molar-refractivity contribution >= 4 is 23.2 Å². The van der Waals surface area contributed by atoms with Crippen molar-refractivity contribution in [2.75, 3.05) is 20.8 Å². The van der Waals surface area contributed by atoms with E-state index < -0.39 is 0 Å². The molecule has 0 atom stereocenters. The number of methoxy groups -OCH3 is 2. The summed E-state index contributed by atoms with van der Waals surface area (Å²) in [6.45, 7) is 2.27. The van der Waals surface area contributed by atoms with Crippen molar-refractivity contribution in [2.45, 2.75) is 19.5 Å². The number of pyridine rings is 1. The Kier molecular flexibility index (Phi) is 7.76. The fraction of sp³-hybridized carbons (Fsp3) is 0.261. The summed E-state index contributed by atoms with van der Waals surface area (Å²) >= 11 is 12.8. The molecule has 0 bridgehead atoms. The third-order valence-corrected chi connectivity index (χ3v) is 5.47. The molecule has 0 spiro atoms. The number of ether oxygens (including phenoxy) is 2. The third-order valence-electron chi connectivity index (χ3n) is 4.76. The van der Waals surface area contributed by atoms with Crippen molar-refractivity contribution in [3.05, 3.63) is 87.7 Å². The van der Waals surface area contributed by atoms with Gasteiger partial charge in [-0.05, 0) is 53.9 Å². The van der Waals surface area contributed by atoms with E-state index in [0.717, 1.165) is 36.6 Å². The molecular formula is C23H24Cl2N2O2. The van der Waals surface area contributed by atoms with Gasteiger partial charge in [0.15, 0.2) is 11.5 Å². The van der Waals surface area contributed by atoms with Gasteiger partial charge in [0.1, 0.15) is 0 Å². The zero-order valence-corrected chi connectivity index (χ0v) is 18.1. The van der Waals surface area contributed by atoms with E-state index in [0.29, 0.717) is 16.6 Å². The van der Waals surface area contributed by atoms with E-state index in [-0.39, 0.29) is 0 Å². The molecule has 29 heavy (non-hydrogen) atoms. The van der Waals surface area contributed by atoms with Gasteiger partial charge in [0.05, 0.1) is 14.2 Å². The Balaban J connectivity index is 1.78. The van der Waals surface area contributed by atoms with Gasteiger partial charge in [-0.25, -0.2) is 0 Å². The van der Waals surface area contributed by atoms with E-state index in [4.69, 9.17) is 32.7 Å². The summed E-state index contributed by atoms with van der Waals surface area (Å²) in [5.74, 6) is 1.47.